The topological polar surface area (TPSA) is 106 Å². The number of benzene rings is 3. The monoisotopic (exact) mass is 446 g/mol. The fraction of sp³-hybridized carbons (Fsp3) is 0.154. The number of hydrogen-bond donors (Lipinski definition) is 4. The first kappa shape index (κ1) is 22.4. The maximum atomic E-state index is 13.8. The van der Waals surface area contributed by atoms with Crippen LogP contribution in [0.15, 0.2) is 72.8 Å². The van der Waals surface area contributed by atoms with E-state index < -0.39 is 23.8 Å². The summed E-state index contributed by atoms with van der Waals surface area (Å²) in [5.41, 5.74) is 1.96. The molecule has 0 radical (unpaired) electrons. The number of Topliss-reactive ketones (excluding diaryl/α,β-unsaturated/α-hetero) is 1. The Labute approximate surface area is 189 Å². The number of nitrogens with zero attached hydrogens (tertiary/aromatic N) is 1. The van der Waals surface area contributed by atoms with Gasteiger partial charge in [-0.1, -0.05) is 42.5 Å². The molecule has 1 aromatic heterocycles. The van der Waals surface area contributed by atoms with Gasteiger partial charge >= 0.3 is 0 Å². The number of allylic oxidation sites excluding steroid dienone is 1. The van der Waals surface area contributed by atoms with Crippen LogP contribution in [0.2, 0.25) is 0 Å². The van der Waals surface area contributed by atoms with Crippen LogP contribution in [0.25, 0.3) is 22.4 Å². The predicted molar refractivity (Wildman–Crippen MR) is 124 cm³/mol. The summed E-state index contributed by atoms with van der Waals surface area (Å²) in [4.78, 5) is 20.9. The van der Waals surface area contributed by atoms with Gasteiger partial charge in [0.1, 0.15) is 23.0 Å². The van der Waals surface area contributed by atoms with Gasteiger partial charge in [-0.15, -0.1) is 0 Å². The highest BCUT2D eigenvalue weighted by atomic mass is 19.1. The summed E-state index contributed by atoms with van der Waals surface area (Å²) in [5.74, 6) is -1.42. The van der Waals surface area contributed by atoms with E-state index in [2.05, 4.69) is 9.97 Å². The van der Waals surface area contributed by atoms with Crippen molar-refractivity contribution in [1.82, 2.24) is 9.97 Å². The molecule has 4 aromatic rings. The molecule has 4 rings (SSSR count). The quantitative estimate of drug-likeness (QED) is 0.185. The van der Waals surface area contributed by atoms with E-state index in [1.54, 1.807) is 49.4 Å². The third-order valence-electron chi connectivity index (χ3n) is 5.29. The lowest BCUT2D eigenvalue weighted by Gasteiger charge is -2.15. The lowest BCUT2D eigenvalue weighted by Crippen LogP contribution is -2.09. The molecule has 3 aromatic carbocycles. The van der Waals surface area contributed by atoms with E-state index in [1.165, 1.54) is 18.2 Å². The fourth-order valence-corrected chi connectivity index (χ4v) is 3.67. The molecule has 0 saturated carbocycles. The molecule has 2 unspecified atom stereocenters. The third kappa shape index (κ3) is 4.84. The molecule has 6 nitrogen and oxygen atoms in total. The number of hydrogen-bond acceptors (Lipinski definition) is 5. The van der Waals surface area contributed by atoms with Crippen molar-refractivity contribution < 1.29 is 24.5 Å². The first-order valence-corrected chi connectivity index (χ1v) is 10.5. The number of fused-ring (bicyclic) bond motifs is 1. The third-order valence-corrected chi connectivity index (χ3v) is 5.29. The minimum atomic E-state index is -0.952. The number of para-hydroxylation sites is 2. The van der Waals surface area contributed by atoms with E-state index >= 15 is 0 Å². The van der Waals surface area contributed by atoms with E-state index in [9.17, 15) is 24.5 Å². The van der Waals surface area contributed by atoms with E-state index in [0.29, 0.717) is 16.6 Å². The molecule has 0 spiro atoms. The Morgan fingerprint density at radius 1 is 1.00 bits per heavy atom. The van der Waals surface area contributed by atoms with Crippen LogP contribution >= 0.6 is 0 Å². The molecule has 0 saturated heterocycles. The smallest absolute Gasteiger partial charge is 0.200 e. The van der Waals surface area contributed by atoms with Crippen LogP contribution in [0.4, 0.5) is 4.39 Å². The summed E-state index contributed by atoms with van der Waals surface area (Å²) in [7, 11) is 0. The number of H-pyrrole nitrogens is 1. The summed E-state index contributed by atoms with van der Waals surface area (Å²) < 4.78 is 13.8. The second-order valence-corrected chi connectivity index (χ2v) is 7.89. The molecule has 7 heteroatoms. The van der Waals surface area contributed by atoms with Gasteiger partial charge in [0.05, 0.1) is 23.2 Å². The maximum absolute atomic E-state index is 13.8. The molecule has 0 aliphatic heterocycles. The molecule has 2 atom stereocenters. The molecule has 168 valence electrons. The minimum Gasteiger partial charge on any atom is -0.506 e. The zero-order valence-corrected chi connectivity index (χ0v) is 17.9. The number of ketones is 1. The molecule has 1 heterocycles. The zero-order chi connectivity index (χ0) is 23.5. The van der Waals surface area contributed by atoms with Crippen LogP contribution in [0.1, 0.15) is 46.8 Å². The normalized spacial score (nSPS) is 14.1. The molecular formula is C26H23FN2O4. The van der Waals surface area contributed by atoms with E-state index in [1.807, 2.05) is 6.07 Å². The highest BCUT2D eigenvalue weighted by molar-refractivity contribution is 6.33. The van der Waals surface area contributed by atoms with E-state index in [-0.39, 0.29) is 34.7 Å². The van der Waals surface area contributed by atoms with Crippen molar-refractivity contribution in [2.45, 2.75) is 25.6 Å². The summed E-state index contributed by atoms with van der Waals surface area (Å²) in [6, 6.07) is 18.8. The Kier molecular flexibility index (Phi) is 6.35. The number of carbonyl (C=O) groups is 1. The van der Waals surface area contributed by atoms with Crippen molar-refractivity contribution in [3.05, 3.63) is 101 Å². The van der Waals surface area contributed by atoms with Crippen molar-refractivity contribution in [2.24, 2.45) is 0 Å². The van der Waals surface area contributed by atoms with Crippen LogP contribution in [0.3, 0.4) is 0 Å². The van der Waals surface area contributed by atoms with Crippen LogP contribution in [-0.2, 0) is 0 Å². The van der Waals surface area contributed by atoms with E-state index in [4.69, 9.17) is 0 Å². The number of carbonyl (C=O) groups excluding carboxylic acids is 1. The maximum Gasteiger partial charge on any atom is 0.200 e. The molecule has 0 bridgehead atoms. The van der Waals surface area contributed by atoms with Gasteiger partial charge in [0.2, 0.25) is 5.78 Å². The summed E-state index contributed by atoms with van der Waals surface area (Å²) in [6.45, 7) is 1.57. The average Bonchev–Trinajstić information content (AvgIpc) is 3.22. The van der Waals surface area contributed by atoms with Gasteiger partial charge in [-0.05, 0) is 42.8 Å². The Balaban J connectivity index is 1.87. The number of aromatic amines is 1. The lowest BCUT2D eigenvalue weighted by molar-refractivity contribution is 0.0907. The van der Waals surface area contributed by atoms with E-state index in [0.717, 1.165) is 6.07 Å². The number of nitrogens with one attached hydrogen (secondary N) is 1. The highest BCUT2D eigenvalue weighted by Crippen LogP contribution is 2.30. The molecule has 0 amide bonds. The first-order chi connectivity index (χ1) is 15.8. The average molecular weight is 446 g/mol. The molecular weight excluding hydrogens is 423 g/mol. The fourth-order valence-electron chi connectivity index (χ4n) is 3.67. The van der Waals surface area contributed by atoms with Crippen LogP contribution in [0, 0.1) is 5.82 Å². The molecule has 4 N–H and O–H groups in total. The van der Waals surface area contributed by atoms with Gasteiger partial charge < -0.3 is 20.3 Å². The van der Waals surface area contributed by atoms with Gasteiger partial charge in [0.25, 0.3) is 0 Å². The van der Waals surface area contributed by atoms with Crippen LogP contribution in [0.5, 0.6) is 0 Å². The van der Waals surface area contributed by atoms with Gasteiger partial charge in [-0.3, -0.25) is 4.79 Å². The summed E-state index contributed by atoms with van der Waals surface area (Å²) in [6.07, 6.45) is -1.55. The molecule has 0 aliphatic carbocycles. The molecule has 0 aliphatic rings. The van der Waals surface area contributed by atoms with Gasteiger partial charge in [0.15, 0.2) is 0 Å². The predicted octanol–water partition coefficient (Wildman–Crippen LogP) is 4.82. The molecule has 33 heavy (non-hydrogen) atoms. The Morgan fingerprint density at radius 3 is 2.45 bits per heavy atom. The van der Waals surface area contributed by atoms with Crippen molar-refractivity contribution >= 4 is 28.1 Å². The standard InChI is InChI=1S/C26H23FN2O4/c1-15(30)12-22(31)16-6-4-7-17(13-16)24(32)23(25(33)18-8-5-9-19(27)14-18)26-28-20-10-2-3-11-21(20)29-26/h2-11,13-15,22,30-32H,12H2,1H3,(H,28,29)/b24-23-. The second kappa shape index (κ2) is 9.36. The Bertz CT molecular complexity index is 1310. The number of aliphatic hydroxyl groups excluding tert-OH is 3. The number of aromatic nitrogens is 2. The molecule has 0 fully saturated rings. The van der Waals surface area contributed by atoms with Gasteiger partial charge in [-0.2, -0.15) is 0 Å². The Hall–Kier alpha value is -3.81. The summed E-state index contributed by atoms with van der Waals surface area (Å²) in [5, 5.41) is 31.2. The largest absolute Gasteiger partial charge is 0.506 e. The first-order valence-electron chi connectivity index (χ1n) is 10.5. The van der Waals surface area contributed by atoms with Crippen molar-refractivity contribution in [3.63, 3.8) is 0 Å². The SMILES string of the molecule is CC(O)CC(O)c1cccc(/C(O)=C(\C(=O)c2cccc(F)c2)c2nc3ccccc3[nH]2)c1. The van der Waals surface area contributed by atoms with Gasteiger partial charge in [-0.25, -0.2) is 9.37 Å². The number of halogens is 1. The van der Waals surface area contributed by atoms with Crippen LogP contribution < -0.4 is 0 Å². The highest BCUT2D eigenvalue weighted by Gasteiger charge is 2.24. The van der Waals surface area contributed by atoms with Gasteiger partial charge in [0, 0.05) is 17.5 Å². The van der Waals surface area contributed by atoms with Crippen molar-refractivity contribution in [3.8, 4) is 0 Å². The number of aliphatic hydroxyl groups is 3. The zero-order valence-electron chi connectivity index (χ0n) is 17.9. The van der Waals surface area contributed by atoms with Crippen molar-refractivity contribution in [2.75, 3.05) is 0 Å². The second-order valence-electron chi connectivity index (χ2n) is 7.89. The van der Waals surface area contributed by atoms with Crippen LogP contribution in [-0.4, -0.2) is 37.2 Å². The summed E-state index contributed by atoms with van der Waals surface area (Å²) >= 11 is 0. The lowest BCUT2D eigenvalue weighted by atomic mass is 9.96. The van der Waals surface area contributed by atoms with Crippen molar-refractivity contribution in [1.29, 1.82) is 0 Å². The number of imidazole rings is 1. The number of rotatable bonds is 7. The Morgan fingerprint density at radius 2 is 1.73 bits per heavy atom. The minimum absolute atomic E-state index is 0.0577.